The molecule has 1 saturated heterocycles. The minimum atomic E-state index is -0.625. The first kappa shape index (κ1) is 26.3. The van der Waals surface area contributed by atoms with Crippen molar-refractivity contribution in [2.45, 2.75) is 6.54 Å². The topological polar surface area (TPSA) is 167 Å². The van der Waals surface area contributed by atoms with Crippen molar-refractivity contribution < 1.29 is 14.5 Å². The summed E-state index contributed by atoms with van der Waals surface area (Å²) in [6.45, 7) is -0.344. The number of imidazole rings is 1. The number of hydrogen-bond donors (Lipinski definition) is 1. The van der Waals surface area contributed by atoms with E-state index in [0.717, 1.165) is 16.3 Å². The number of amides is 2. The molecule has 0 radical (unpaired) electrons. The van der Waals surface area contributed by atoms with Crippen molar-refractivity contribution in [3.8, 4) is 0 Å². The predicted molar refractivity (Wildman–Crippen MR) is 148 cm³/mol. The van der Waals surface area contributed by atoms with Gasteiger partial charge in [0, 0.05) is 20.2 Å². The number of nitrogens with one attached hydrogen (secondary N) is 1. The molecule has 3 heterocycles. The van der Waals surface area contributed by atoms with Crippen LogP contribution in [0.3, 0.4) is 0 Å². The Balaban J connectivity index is 1.46. The fourth-order valence-electron chi connectivity index (χ4n) is 4.09. The van der Waals surface area contributed by atoms with Gasteiger partial charge < -0.3 is 4.57 Å². The Morgan fingerprint density at radius 1 is 1.07 bits per heavy atom. The van der Waals surface area contributed by atoms with E-state index in [1.807, 2.05) is 0 Å². The lowest BCUT2D eigenvalue weighted by atomic mass is 10.1. The second-order valence-corrected chi connectivity index (χ2v) is 9.59. The third-order valence-corrected chi connectivity index (χ3v) is 7.02. The highest BCUT2D eigenvalue weighted by atomic mass is 32.2. The van der Waals surface area contributed by atoms with Gasteiger partial charge in [0.2, 0.25) is 0 Å². The van der Waals surface area contributed by atoms with Gasteiger partial charge in [-0.1, -0.05) is 30.3 Å². The minimum Gasteiger partial charge on any atom is -0.315 e. The van der Waals surface area contributed by atoms with Gasteiger partial charge >= 0.3 is 5.69 Å². The van der Waals surface area contributed by atoms with Crippen LogP contribution in [0.5, 0.6) is 0 Å². The number of para-hydroxylation sites is 2. The number of hydrazone groups is 1. The number of nitro benzene ring substituents is 1. The number of hydrogen-bond acceptors (Lipinski definition) is 9. The van der Waals surface area contributed by atoms with Crippen molar-refractivity contribution in [2.24, 2.45) is 19.2 Å². The lowest BCUT2D eigenvalue weighted by molar-refractivity contribution is -0.385. The summed E-state index contributed by atoms with van der Waals surface area (Å²) >= 11 is 0.937. The first-order chi connectivity index (χ1) is 19.2. The Bertz CT molecular complexity index is 1870. The number of nitro groups is 1. The van der Waals surface area contributed by atoms with Gasteiger partial charge in [0.05, 0.1) is 27.4 Å². The zero-order chi connectivity index (χ0) is 28.6. The molecule has 0 bridgehead atoms. The Kier molecular flexibility index (Phi) is 6.87. The molecule has 4 aromatic rings. The number of carbonyl (C=O) groups is 2. The molecule has 40 heavy (non-hydrogen) atoms. The zero-order valence-corrected chi connectivity index (χ0v) is 21.9. The Labute approximate surface area is 229 Å². The Morgan fingerprint density at radius 2 is 1.77 bits per heavy atom. The number of anilines is 1. The van der Waals surface area contributed by atoms with Crippen molar-refractivity contribution in [2.75, 3.05) is 4.90 Å². The van der Waals surface area contributed by atoms with Gasteiger partial charge in [-0.2, -0.15) is 0 Å². The van der Waals surface area contributed by atoms with E-state index >= 15 is 0 Å². The summed E-state index contributed by atoms with van der Waals surface area (Å²) in [5, 5.41) is 15.7. The SMILES string of the molecule is Cn1c(=O)c2c(ncn2CC(=O)N/N=C2/S/C(=C/c3ccccc3[N+](=O)[O-])C(=O)N2c2ccccc2)n(C)c1=O. The van der Waals surface area contributed by atoms with Crippen LogP contribution in [0, 0.1) is 10.1 Å². The molecule has 0 spiro atoms. The van der Waals surface area contributed by atoms with Gasteiger partial charge in [0.25, 0.3) is 23.1 Å². The van der Waals surface area contributed by atoms with Crippen LogP contribution in [0.4, 0.5) is 11.4 Å². The first-order valence-corrected chi connectivity index (χ1v) is 12.5. The second kappa shape index (κ2) is 10.5. The van der Waals surface area contributed by atoms with Crippen molar-refractivity contribution in [3.05, 3.63) is 102 Å². The monoisotopic (exact) mass is 560 g/mol. The molecule has 0 unspecified atom stereocenters. The maximum Gasteiger partial charge on any atom is 0.332 e. The molecule has 15 heteroatoms. The third kappa shape index (κ3) is 4.69. The summed E-state index contributed by atoms with van der Waals surface area (Å²) in [7, 11) is 2.80. The second-order valence-electron chi connectivity index (χ2n) is 8.58. The summed E-state index contributed by atoms with van der Waals surface area (Å²) < 4.78 is 3.42. The molecule has 14 nitrogen and oxygen atoms in total. The fraction of sp³-hybridized carbons (Fsp3) is 0.120. The maximum absolute atomic E-state index is 13.4. The zero-order valence-electron chi connectivity index (χ0n) is 21.0. The summed E-state index contributed by atoms with van der Waals surface area (Å²) in [6.07, 6.45) is 2.68. The Hall–Kier alpha value is -5.31. The van der Waals surface area contributed by atoms with Crippen LogP contribution in [-0.2, 0) is 30.2 Å². The summed E-state index contributed by atoms with van der Waals surface area (Å²) in [5.74, 6) is -1.10. The number of aromatic nitrogens is 4. The van der Waals surface area contributed by atoms with Gasteiger partial charge in [-0.05, 0) is 36.0 Å². The smallest absolute Gasteiger partial charge is 0.315 e. The number of aryl methyl sites for hydroxylation is 1. The lowest BCUT2D eigenvalue weighted by Gasteiger charge is -2.15. The number of thioether (sulfide) groups is 1. The highest BCUT2D eigenvalue weighted by Gasteiger charge is 2.35. The minimum absolute atomic E-state index is 0.0680. The van der Waals surface area contributed by atoms with Crippen LogP contribution < -0.4 is 21.6 Å². The molecular weight excluding hydrogens is 540 g/mol. The van der Waals surface area contributed by atoms with Gasteiger partial charge in [-0.3, -0.25) is 38.5 Å². The molecule has 202 valence electrons. The maximum atomic E-state index is 13.4. The highest BCUT2D eigenvalue weighted by molar-refractivity contribution is 8.19. The third-order valence-electron chi connectivity index (χ3n) is 6.05. The molecule has 1 aliphatic heterocycles. The number of benzene rings is 2. The number of carbonyl (C=O) groups excluding carboxylic acids is 2. The van der Waals surface area contributed by atoms with Crippen LogP contribution in [0.2, 0.25) is 0 Å². The molecule has 2 aromatic carbocycles. The van der Waals surface area contributed by atoms with E-state index in [4.69, 9.17) is 0 Å². The van der Waals surface area contributed by atoms with E-state index < -0.39 is 28.0 Å². The van der Waals surface area contributed by atoms with Crippen LogP contribution in [0.25, 0.3) is 17.2 Å². The van der Waals surface area contributed by atoms with Crippen molar-refractivity contribution in [1.82, 2.24) is 24.1 Å². The standard InChI is InChI=1S/C25H20N8O6S/c1-29-21-20(23(36)30(2)25(29)37)31(14-26-21)13-19(34)27-28-24-32(16-9-4-3-5-10-16)22(35)18(40-24)12-15-8-6-7-11-17(15)33(38)39/h3-12,14H,13H2,1-2H3,(H,27,34)/b18-12+,28-24+. The number of rotatable bonds is 6. The van der Waals surface area contributed by atoms with Crippen LogP contribution >= 0.6 is 11.8 Å². The normalized spacial score (nSPS) is 15.3. The molecule has 2 aromatic heterocycles. The molecule has 2 amide bonds. The highest BCUT2D eigenvalue weighted by Crippen LogP contribution is 2.36. The Morgan fingerprint density at radius 3 is 2.50 bits per heavy atom. The number of fused-ring (bicyclic) bond motifs is 1. The summed E-state index contributed by atoms with van der Waals surface area (Å²) in [6, 6.07) is 14.6. The predicted octanol–water partition coefficient (Wildman–Crippen LogP) is 1.55. The van der Waals surface area contributed by atoms with Crippen LogP contribution in [0.15, 0.2) is 80.5 Å². The van der Waals surface area contributed by atoms with Crippen molar-refractivity contribution >= 4 is 57.4 Å². The van der Waals surface area contributed by atoms with Crippen molar-refractivity contribution in [1.29, 1.82) is 0 Å². The van der Waals surface area contributed by atoms with Gasteiger partial charge in [0.1, 0.15) is 6.54 Å². The average Bonchev–Trinajstić information content (AvgIpc) is 3.50. The van der Waals surface area contributed by atoms with E-state index in [1.165, 1.54) is 58.7 Å². The van der Waals surface area contributed by atoms with E-state index in [2.05, 4.69) is 15.5 Å². The molecule has 1 N–H and O–H groups in total. The first-order valence-electron chi connectivity index (χ1n) is 11.7. The van der Waals surface area contributed by atoms with Gasteiger partial charge in [-0.25, -0.2) is 15.2 Å². The van der Waals surface area contributed by atoms with Crippen molar-refractivity contribution in [3.63, 3.8) is 0 Å². The van der Waals surface area contributed by atoms with E-state index in [0.29, 0.717) is 5.69 Å². The molecule has 0 saturated carbocycles. The molecular formula is C25H20N8O6S. The largest absolute Gasteiger partial charge is 0.332 e. The van der Waals surface area contributed by atoms with Gasteiger partial charge in [0.15, 0.2) is 16.3 Å². The average molecular weight is 561 g/mol. The molecule has 0 atom stereocenters. The van der Waals surface area contributed by atoms with Crippen LogP contribution in [0.1, 0.15) is 5.56 Å². The number of nitrogens with zero attached hydrogens (tertiary/aromatic N) is 7. The molecule has 5 rings (SSSR count). The molecule has 0 aliphatic carbocycles. The van der Waals surface area contributed by atoms with E-state index in [1.54, 1.807) is 36.4 Å². The quantitative estimate of drug-likeness (QED) is 0.211. The summed E-state index contributed by atoms with van der Waals surface area (Å²) in [5.41, 5.74) is 1.99. The summed E-state index contributed by atoms with van der Waals surface area (Å²) in [4.78, 5) is 67.5. The van der Waals surface area contributed by atoms with E-state index in [-0.39, 0.29) is 39.0 Å². The van der Waals surface area contributed by atoms with Crippen LogP contribution in [-0.4, -0.2) is 40.6 Å². The molecule has 1 fully saturated rings. The fourth-order valence-corrected chi connectivity index (χ4v) is 5.02. The molecule has 1 aliphatic rings. The van der Waals surface area contributed by atoms with E-state index in [9.17, 15) is 29.3 Å². The van der Waals surface area contributed by atoms with Gasteiger partial charge in [-0.15, -0.1) is 5.10 Å². The number of amidine groups is 1. The lowest BCUT2D eigenvalue weighted by Crippen LogP contribution is -2.38.